The zero-order valence-corrected chi connectivity index (χ0v) is 12.6. The topological polar surface area (TPSA) is 32.3 Å². The van der Waals surface area contributed by atoms with Gasteiger partial charge in [0.1, 0.15) is 17.2 Å². The van der Waals surface area contributed by atoms with Crippen molar-refractivity contribution in [1.29, 1.82) is 0 Å². The Morgan fingerprint density at radius 3 is 2.26 bits per heavy atom. The highest BCUT2D eigenvalue weighted by atomic mass is 79.9. The molecule has 19 heavy (non-hydrogen) atoms. The molecule has 1 aromatic rings. The van der Waals surface area contributed by atoms with Gasteiger partial charge >= 0.3 is 0 Å². The second kappa shape index (κ2) is 7.55. The Morgan fingerprint density at radius 2 is 1.79 bits per heavy atom. The van der Waals surface area contributed by atoms with Crippen molar-refractivity contribution in [3.05, 3.63) is 33.8 Å². The Kier molecular flexibility index (Phi) is 6.37. The van der Waals surface area contributed by atoms with Crippen molar-refractivity contribution < 1.29 is 13.6 Å². The van der Waals surface area contributed by atoms with Crippen LogP contribution in [0.1, 0.15) is 24.2 Å². The maximum absolute atomic E-state index is 13.5. The molecule has 0 fully saturated rings. The van der Waals surface area contributed by atoms with E-state index in [4.69, 9.17) is 0 Å². The van der Waals surface area contributed by atoms with Crippen LogP contribution in [0.25, 0.3) is 0 Å². The molecule has 0 heterocycles. The number of likely N-dealkylation sites (N-methyl/N-ethyl adjacent to an activating group) is 1. The number of hydrogen-bond acceptors (Lipinski definition) is 2. The minimum Gasteiger partial charge on any atom is -0.351 e. The van der Waals surface area contributed by atoms with Crippen molar-refractivity contribution in [1.82, 2.24) is 10.2 Å². The molecular formula is C13H17BrF2N2O. The molecular weight excluding hydrogens is 318 g/mol. The summed E-state index contributed by atoms with van der Waals surface area (Å²) in [5.74, 6) is -2.46. The molecule has 1 rings (SSSR count). The lowest BCUT2D eigenvalue weighted by molar-refractivity contribution is 0.0940. The summed E-state index contributed by atoms with van der Waals surface area (Å²) in [4.78, 5) is 13.8. The molecule has 0 spiro atoms. The van der Waals surface area contributed by atoms with Crippen LogP contribution in [0.5, 0.6) is 0 Å². The zero-order valence-electron chi connectivity index (χ0n) is 11.0. The number of hydrogen-bond donors (Lipinski definition) is 1. The van der Waals surface area contributed by atoms with Gasteiger partial charge in [-0.05, 0) is 25.2 Å². The largest absolute Gasteiger partial charge is 0.351 e. The van der Waals surface area contributed by atoms with E-state index in [1.54, 1.807) is 0 Å². The van der Waals surface area contributed by atoms with Crippen LogP contribution in [-0.2, 0) is 0 Å². The van der Waals surface area contributed by atoms with Gasteiger partial charge in [0.05, 0.1) is 0 Å². The van der Waals surface area contributed by atoms with Crippen molar-refractivity contribution in [3.63, 3.8) is 0 Å². The van der Waals surface area contributed by atoms with Crippen molar-refractivity contribution in [2.75, 3.05) is 26.2 Å². The standard InChI is InChI=1S/C13H17BrF2N2O/c1-3-18(4-2)6-5-17-13(19)12-10(15)7-9(14)8-11(12)16/h7-8H,3-6H2,1-2H3,(H,17,19). The minimum atomic E-state index is -0.868. The average Bonchev–Trinajstić information content (AvgIpc) is 2.33. The van der Waals surface area contributed by atoms with Gasteiger partial charge in [-0.1, -0.05) is 29.8 Å². The van der Waals surface area contributed by atoms with Gasteiger partial charge in [0.15, 0.2) is 0 Å². The normalized spacial score (nSPS) is 10.8. The van der Waals surface area contributed by atoms with Crippen molar-refractivity contribution in [2.24, 2.45) is 0 Å². The average molecular weight is 335 g/mol. The fourth-order valence-electron chi connectivity index (χ4n) is 1.71. The van der Waals surface area contributed by atoms with Crippen molar-refractivity contribution in [2.45, 2.75) is 13.8 Å². The van der Waals surface area contributed by atoms with E-state index in [-0.39, 0.29) is 4.47 Å². The first-order valence-corrected chi connectivity index (χ1v) is 6.94. The molecule has 0 atom stereocenters. The first-order valence-electron chi connectivity index (χ1n) is 6.14. The number of nitrogens with one attached hydrogen (secondary N) is 1. The Bertz CT molecular complexity index is 427. The Morgan fingerprint density at radius 1 is 1.26 bits per heavy atom. The second-order valence-electron chi connectivity index (χ2n) is 4.03. The molecule has 0 aliphatic heterocycles. The molecule has 0 aromatic heterocycles. The summed E-state index contributed by atoms with van der Waals surface area (Å²) < 4.78 is 27.3. The van der Waals surface area contributed by atoms with Crippen molar-refractivity contribution >= 4 is 21.8 Å². The molecule has 0 aliphatic carbocycles. The maximum atomic E-state index is 13.5. The molecule has 1 N–H and O–H groups in total. The van der Waals surface area contributed by atoms with Crippen LogP contribution in [0, 0.1) is 11.6 Å². The van der Waals surface area contributed by atoms with Gasteiger partial charge in [0.25, 0.3) is 5.91 Å². The first kappa shape index (κ1) is 16.0. The molecule has 0 radical (unpaired) electrons. The second-order valence-corrected chi connectivity index (χ2v) is 4.94. The lowest BCUT2D eigenvalue weighted by atomic mass is 10.2. The summed E-state index contributed by atoms with van der Waals surface area (Å²) in [6.45, 7) is 6.77. The highest BCUT2D eigenvalue weighted by Gasteiger charge is 2.18. The summed E-state index contributed by atoms with van der Waals surface area (Å²) in [5.41, 5.74) is -0.539. The van der Waals surface area contributed by atoms with Crippen LogP contribution in [-0.4, -0.2) is 37.0 Å². The van der Waals surface area contributed by atoms with Gasteiger partial charge in [-0.25, -0.2) is 8.78 Å². The van der Waals surface area contributed by atoms with E-state index in [9.17, 15) is 13.6 Å². The smallest absolute Gasteiger partial charge is 0.257 e. The molecule has 3 nitrogen and oxygen atoms in total. The Hall–Kier alpha value is -1.01. The SMILES string of the molecule is CCN(CC)CCNC(=O)c1c(F)cc(Br)cc1F. The fraction of sp³-hybridized carbons (Fsp3) is 0.462. The summed E-state index contributed by atoms with van der Waals surface area (Å²) in [7, 11) is 0. The van der Waals surface area contributed by atoms with E-state index >= 15 is 0 Å². The number of benzene rings is 1. The van der Waals surface area contributed by atoms with E-state index in [1.165, 1.54) is 0 Å². The third-order valence-corrected chi connectivity index (χ3v) is 3.30. The Balaban J connectivity index is 2.64. The van der Waals surface area contributed by atoms with Crippen LogP contribution < -0.4 is 5.32 Å². The maximum Gasteiger partial charge on any atom is 0.257 e. The third-order valence-electron chi connectivity index (χ3n) is 2.84. The van der Waals surface area contributed by atoms with Gasteiger partial charge < -0.3 is 10.2 Å². The molecule has 106 valence electrons. The van der Waals surface area contributed by atoms with E-state index in [2.05, 4.69) is 26.1 Å². The predicted molar refractivity (Wildman–Crippen MR) is 74.2 cm³/mol. The summed E-state index contributed by atoms with van der Waals surface area (Å²) in [6.07, 6.45) is 0. The number of amides is 1. The number of rotatable bonds is 6. The van der Waals surface area contributed by atoms with Gasteiger partial charge in [-0.3, -0.25) is 4.79 Å². The molecule has 6 heteroatoms. The van der Waals surface area contributed by atoms with Gasteiger partial charge in [0, 0.05) is 17.6 Å². The summed E-state index contributed by atoms with van der Waals surface area (Å²) in [6, 6.07) is 2.14. The summed E-state index contributed by atoms with van der Waals surface area (Å²) in [5, 5.41) is 2.52. The first-order chi connectivity index (χ1) is 8.99. The lowest BCUT2D eigenvalue weighted by Crippen LogP contribution is -2.35. The molecule has 1 aromatic carbocycles. The minimum absolute atomic E-state index is 0.266. The van der Waals surface area contributed by atoms with Gasteiger partial charge in [0.2, 0.25) is 0 Å². The highest BCUT2D eigenvalue weighted by Crippen LogP contribution is 2.19. The van der Waals surface area contributed by atoms with Crippen molar-refractivity contribution in [3.8, 4) is 0 Å². The molecule has 0 unspecified atom stereocenters. The van der Waals surface area contributed by atoms with Crippen LogP contribution in [0.2, 0.25) is 0 Å². The third kappa shape index (κ3) is 4.54. The number of carbonyl (C=O) groups is 1. The molecule has 1 amide bonds. The molecule has 0 saturated carbocycles. The fourth-order valence-corrected chi connectivity index (χ4v) is 2.12. The van der Waals surface area contributed by atoms with Gasteiger partial charge in [-0.15, -0.1) is 0 Å². The monoisotopic (exact) mass is 334 g/mol. The quantitative estimate of drug-likeness (QED) is 0.867. The number of carbonyl (C=O) groups excluding carboxylic acids is 1. The highest BCUT2D eigenvalue weighted by molar-refractivity contribution is 9.10. The van der Waals surface area contributed by atoms with Crippen LogP contribution >= 0.6 is 15.9 Å². The number of halogens is 3. The Labute approximate surface area is 120 Å². The predicted octanol–water partition coefficient (Wildman–Crippen LogP) is 2.80. The molecule has 0 saturated heterocycles. The molecule has 0 aliphatic rings. The van der Waals surface area contributed by atoms with Crippen LogP contribution in [0.3, 0.4) is 0 Å². The van der Waals surface area contributed by atoms with E-state index in [0.29, 0.717) is 13.1 Å². The van der Waals surface area contributed by atoms with E-state index < -0.39 is 23.1 Å². The van der Waals surface area contributed by atoms with Gasteiger partial charge in [-0.2, -0.15) is 0 Å². The van der Waals surface area contributed by atoms with Crippen LogP contribution in [0.15, 0.2) is 16.6 Å². The van der Waals surface area contributed by atoms with Crippen LogP contribution in [0.4, 0.5) is 8.78 Å². The zero-order chi connectivity index (χ0) is 14.4. The summed E-state index contributed by atoms with van der Waals surface area (Å²) >= 11 is 2.97. The number of nitrogens with zero attached hydrogens (tertiary/aromatic N) is 1. The molecule has 0 bridgehead atoms. The van der Waals surface area contributed by atoms with E-state index in [0.717, 1.165) is 25.2 Å². The lowest BCUT2D eigenvalue weighted by Gasteiger charge is -2.18. The van der Waals surface area contributed by atoms with E-state index in [1.807, 2.05) is 13.8 Å².